The average Bonchev–Trinajstić information content (AvgIpc) is 2.72. The molecule has 0 N–H and O–H groups in total. The Kier molecular flexibility index (Phi) is 3.27. The van der Waals surface area contributed by atoms with Crippen LogP contribution in [0.4, 0.5) is 26.3 Å². The zero-order valence-electron chi connectivity index (χ0n) is 9.93. The van der Waals surface area contributed by atoms with Crippen LogP contribution in [0.5, 0.6) is 0 Å². The topological polar surface area (TPSA) is 26.0 Å². The molecular formula is C12H7F6NO. The first-order chi connectivity index (χ1) is 9.09. The van der Waals surface area contributed by atoms with Crippen LogP contribution >= 0.6 is 0 Å². The molecule has 8 heteroatoms. The number of hydrogen-bond acceptors (Lipinski definition) is 2. The van der Waals surface area contributed by atoms with Crippen LogP contribution in [-0.2, 0) is 12.4 Å². The third kappa shape index (κ3) is 2.78. The third-order valence-electron chi connectivity index (χ3n) is 2.56. The van der Waals surface area contributed by atoms with Crippen molar-refractivity contribution in [2.45, 2.75) is 19.3 Å². The molecule has 0 saturated carbocycles. The summed E-state index contributed by atoms with van der Waals surface area (Å²) in [5.74, 6) is 0.257. The third-order valence-corrected chi connectivity index (χ3v) is 2.56. The zero-order chi connectivity index (χ0) is 15.1. The van der Waals surface area contributed by atoms with Crippen molar-refractivity contribution in [3.8, 4) is 11.3 Å². The van der Waals surface area contributed by atoms with Gasteiger partial charge >= 0.3 is 12.4 Å². The fourth-order valence-electron chi connectivity index (χ4n) is 1.67. The van der Waals surface area contributed by atoms with E-state index >= 15 is 0 Å². The molecule has 2 rings (SSSR count). The molecule has 0 spiro atoms. The van der Waals surface area contributed by atoms with Gasteiger partial charge in [-0.25, -0.2) is 0 Å². The number of alkyl halides is 6. The monoisotopic (exact) mass is 295 g/mol. The first-order valence-electron chi connectivity index (χ1n) is 5.31. The van der Waals surface area contributed by atoms with Crippen molar-refractivity contribution >= 4 is 0 Å². The summed E-state index contributed by atoms with van der Waals surface area (Å²) < 4.78 is 80.8. The lowest BCUT2D eigenvalue weighted by Crippen LogP contribution is -2.12. The number of hydrogen-bond donors (Lipinski definition) is 0. The van der Waals surface area contributed by atoms with E-state index in [1.807, 2.05) is 0 Å². The van der Waals surface area contributed by atoms with E-state index in [-0.39, 0.29) is 17.5 Å². The summed E-state index contributed by atoms with van der Waals surface area (Å²) in [7, 11) is 0. The van der Waals surface area contributed by atoms with Crippen LogP contribution in [0.3, 0.4) is 0 Å². The first-order valence-corrected chi connectivity index (χ1v) is 5.31. The molecule has 0 fully saturated rings. The van der Waals surface area contributed by atoms with Crippen LogP contribution < -0.4 is 0 Å². The maximum Gasteiger partial charge on any atom is 0.417 e. The number of halogens is 6. The van der Waals surface area contributed by atoms with Gasteiger partial charge < -0.3 is 4.52 Å². The van der Waals surface area contributed by atoms with Crippen LogP contribution in [0, 0.1) is 6.92 Å². The van der Waals surface area contributed by atoms with Gasteiger partial charge in [0.15, 0.2) is 0 Å². The second-order valence-electron chi connectivity index (χ2n) is 4.08. The van der Waals surface area contributed by atoms with Gasteiger partial charge in [-0.05, 0) is 19.1 Å². The second kappa shape index (κ2) is 4.53. The van der Waals surface area contributed by atoms with E-state index in [9.17, 15) is 26.3 Å². The van der Waals surface area contributed by atoms with Gasteiger partial charge in [0.2, 0.25) is 0 Å². The Morgan fingerprint density at radius 3 is 2.05 bits per heavy atom. The fraction of sp³-hybridized carbons (Fsp3) is 0.250. The van der Waals surface area contributed by atoms with Gasteiger partial charge in [-0.15, -0.1) is 0 Å². The van der Waals surface area contributed by atoms with Crippen LogP contribution in [0.2, 0.25) is 0 Å². The highest BCUT2D eigenvalue weighted by atomic mass is 19.4. The first kappa shape index (κ1) is 14.4. The standard InChI is InChI=1S/C12H7F6NO/c1-6-4-10(19-20-6)8-3-2-7(11(13,14)15)5-9(8)12(16,17)18/h2-5H,1H3. The van der Waals surface area contributed by atoms with E-state index in [0.29, 0.717) is 6.07 Å². The van der Waals surface area contributed by atoms with Crippen LogP contribution in [0.25, 0.3) is 11.3 Å². The van der Waals surface area contributed by atoms with Gasteiger partial charge in [-0.3, -0.25) is 0 Å². The summed E-state index contributed by atoms with van der Waals surface area (Å²) >= 11 is 0. The molecule has 0 saturated heterocycles. The van der Waals surface area contributed by atoms with Gasteiger partial charge in [-0.1, -0.05) is 11.2 Å². The molecule has 0 radical (unpaired) electrons. The minimum absolute atomic E-state index is 0.0688. The Hall–Kier alpha value is -1.99. The Bertz CT molecular complexity index is 626. The van der Waals surface area contributed by atoms with E-state index < -0.39 is 29.0 Å². The summed E-state index contributed by atoms with van der Waals surface area (Å²) in [6, 6.07) is 2.61. The maximum absolute atomic E-state index is 12.9. The highest BCUT2D eigenvalue weighted by Gasteiger charge is 2.38. The van der Waals surface area contributed by atoms with Crippen molar-refractivity contribution in [2.75, 3.05) is 0 Å². The SMILES string of the molecule is Cc1cc(-c2ccc(C(F)(F)F)cc2C(F)(F)F)no1. The van der Waals surface area contributed by atoms with E-state index in [0.717, 1.165) is 6.07 Å². The highest BCUT2D eigenvalue weighted by Crippen LogP contribution is 2.40. The zero-order valence-corrected chi connectivity index (χ0v) is 9.93. The van der Waals surface area contributed by atoms with Gasteiger partial charge in [0.1, 0.15) is 11.5 Å². The molecule has 0 bridgehead atoms. The minimum Gasteiger partial charge on any atom is -0.361 e. The Morgan fingerprint density at radius 2 is 1.60 bits per heavy atom. The van der Waals surface area contributed by atoms with Crippen molar-refractivity contribution in [3.05, 3.63) is 41.2 Å². The Balaban J connectivity index is 2.64. The predicted molar refractivity (Wildman–Crippen MR) is 56.7 cm³/mol. The summed E-state index contributed by atoms with van der Waals surface area (Å²) in [4.78, 5) is 0. The summed E-state index contributed by atoms with van der Waals surface area (Å²) in [6.07, 6.45) is -9.78. The number of aryl methyl sites for hydroxylation is 1. The number of nitrogens with zero attached hydrogens (tertiary/aromatic N) is 1. The van der Waals surface area contributed by atoms with E-state index in [1.54, 1.807) is 0 Å². The van der Waals surface area contributed by atoms with Crippen molar-refractivity contribution in [3.63, 3.8) is 0 Å². The summed E-state index contributed by atoms with van der Waals surface area (Å²) in [5.41, 5.74) is -3.39. The summed E-state index contributed by atoms with van der Waals surface area (Å²) in [5, 5.41) is 3.40. The lowest BCUT2D eigenvalue weighted by atomic mass is 10.0. The lowest BCUT2D eigenvalue weighted by molar-refractivity contribution is -0.142. The number of aromatic nitrogens is 1. The minimum atomic E-state index is -4.93. The lowest BCUT2D eigenvalue weighted by Gasteiger charge is -2.14. The molecule has 0 unspecified atom stereocenters. The van der Waals surface area contributed by atoms with Crippen molar-refractivity contribution < 1.29 is 30.9 Å². The molecule has 20 heavy (non-hydrogen) atoms. The molecule has 0 amide bonds. The van der Waals surface area contributed by atoms with E-state index in [4.69, 9.17) is 0 Å². The summed E-state index contributed by atoms with van der Waals surface area (Å²) in [6.45, 7) is 1.47. The Morgan fingerprint density at radius 1 is 0.950 bits per heavy atom. The average molecular weight is 295 g/mol. The van der Waals surface area contributed by atoms with Gasteiger partial charge in [0.05, 0.1) is 11.1 Å². The van der Waals surface area contributed by atoms with E-state index in [2.05, 4.69) is 9.68 Å². The van der Waals surface area contributed by atoms with Crippen molar-refractivity contribution in [2.24, 2.45) is 0 Å². The van der Waals surface area contributed by atoms with Crippen LogP contribution in [-0.4, -0.2) is 5.16 Å². The molecule has 0 aliphatic rings. The molecule has 1 aromatic carbocycles. The Labute approximate surface area is 109 Å². The molecule has 108 valence electrons. The predicted octanol–water partition coefficient (Wildman–Crippen LogP) is 4.69. The van der Waals surface area contributed by atoms with E-state index in [1.165, 1.54) is 13.0 Å². The van der Waals surface area contributed by atoms with Gasteiger partial charge in [0, 0.05) is 11.6 Å². The largest absolute Gasteiger partial charge is 0.417 e. The highest BCUT2D eigenvalue weighted by molar-refractivity contribution is 5.65. The van der Waals surface area contributed by atoms with Crippen molar-refractivity contribution in [1.82, 2.24) is 5.16 Å². The van der Waals surface area contributed by atoms with Gasteiger partial charge in [-0.2, -0.15) is 26.3 Å². The normalized spacial score (nSPS) is 12.8. The second-order valence-corrected chi connectivity index (χ2v) is 4.08. The number of benzene rings is 1. The molecule has 1 heterocycles. The molecule has 2 nitrogen and oxygen atoms in total. The molecule has 2 aromatic rings. The quantitative estimate of drug-likeness (QED) is 0.713. The van der Waals surface area contributed by atoms with Crippen molar-refractivity contribution in [1.29, 1.82) is 0 Å². The fourth-order valence-corrected chi connectivity index (χ4v) is 1.67. The maximum atomic E-state index is 12.9. The molecule has 0 aliphatic heterocycles. The molecular weight excluding hydrogens is 288 g/mol. The van der Waals surface area contributed by atoms with Crippen LogP contribution in [0.15, 0.2) is 28.8 Å². The van der Waals surface area contributed by atoms with Crippen LogP contribution in [0.1, 0.15) is 16.9 Å². The molecule has 0 aliphatic carbocycles. The molecule has 1 aromatic heterocycles. The molecule has 0 atom stereocenters. The smallest absolute Gasteiger partial charge is 0.361 e. The van der Waals surface area contributed by atoms with Gasteiger partial charge in [0.25, 0.3) is 0 Å². The number of rotatable bonds is 1.